The van der Waals surface area contributed by atoms with E-state index in [1.54, 1.807) is 0 Å². The molecule has 15 nitrogen and oxygen atoms in total. The van der Waals surface area contributed by atoms with Crippen molar-refractivity contribution in [2.24, 2.45) is 0 Å². The molecule has 154 valence electrons. The summed E-state index contributed by atoms with van der Waals surface area (Å²) < 4.78 is 37.7. The van der Waals surface area contributed by atoms with E-state index in [2.05, 4.69) is 23.8 Å². The summed E-state index contributed by atoms with van der Waals surface area (Å²) >= 11 is 0. The predicted octanol–water partition coefficient (Wildman–Crippen LogP) is -1.41. The number of nitrogens with two attached hydrogens (primary N) is 1. The Kier molecular flexibility index (Phi) is 6.63. The van der Waals surface area contributed by atoms with Crippen molar-refractivity contribution >= 4 is 39.8 Å². The van der Waals surface area contributed by atoms with Gasteiger partial charge in [-0.1, -0.05) is 0 Å². The summed E-state index contributed by atoms with van der Waals surface area (Å²) in [4.78, 5) is 29.0. The number of imidazole rings is 1. The largest absolute Gasteiger partial charge is 0.476 e. The zero-order valence-corrected chi connectivity index (χ0v) is 15.8. The molecule has 18 heteroatoms. The molecule has 2 radical (unpaired) electrons. The van der Waals surface area contributed by atoms with E-state index in [9.17, 15) is 19.3 Å². The number of hydrogen-bond donors (Lipinski definition) is 6. The van der Waals surface area contributed by atoms with Crippen molar-refractivity contribution in [3.05, 3.63) is 12.7 Å². The van der Waals surface area contributed by atoms with Crippen molar-refractivity contribution in [3.63, 3.8) is 0 Å². The van der Waals surface area contributed by atoms with Crippen LogP contribution in [0.3, 0.4) is 0 Å². The van der Waals surface area contributed by atoms with Gasteiger partial charge in [-0.3, -0.25) is 9.13 Å². The fourth-order valence-electron chi connectivity index (χ4n) is 2.50. The van der Waals surface area contributed by atoms with Gasteiger partial charge in [-0.15, -0.1) is 0 Å². The van der Waals surface area contributed by atoms with Crippen LogP contribution in [0, 0.1) is 0 Å². The summed E-state index contributed by atoms with van der Waals surface area (Å²) in [6.45, 7) is -0.688. The molecule has 0 saturated carbocycles. The molecule has 1 fully saturated rings. The first kappa shape index (κ1) is 22.8. The minimum absolute atomic E-state index is 0. The van der Waals surface area contributed by atoms with Crippen molar-refractivity contribution < 1.29 is 42.7 Å². The number of fused-ring (bicyclic) bond motifs is 1. The maximum atomic E-state index is 11.7. The number of phosphoric acid groups is 1. The van der Waals surface area contributed by atoms with Crippen LogP contribution in [0.5, 0.6) is 0 Å². The molecule has 0 aromatic carbocycles. The van der Waals surface area contributed by atoms with Gasteiger partial charge >= 0.3 is 7.82 Å². The molecule has 0 unspecified atom stereocenters. The van der Waals surface area contributed by atoms with E-state index in [-0.39, 0.29) is 23.1 Å². The molecule has 2 aromatic heterocycles. The summed E-state index contributed by atoms with van der Waals surface area (Å²) in [5, 5.41) is 20.3. The van der Waals surface area contributed by atoms with Gasteiger partial charge in [0.15, 0.2) is 17.7 Å². The van der Waals surface area contributed by atoms with Crippen molar-refractivity contribution in [1.82, 2.24) is 25.7 Å². The Labute approximate surface area is 158 Å². The van der Waals surface area contributed by atoms with E-state index in [0.717, 1.165) is 0 Å². The highest BCUT2D eigenvalue weighted by Gasteiger charge is 2.45. The molecule has 0 aliphatic carbocycles. The maximum Gasteiger partial charge on any atom is 0.476 e. The molecular formula is C10H17BN6O9P2. The predicted molar refractivity (Wildman–Crippen MR) is 93.1 cm³/mol. The number of anilines is 1. The lowest BCUT2D eigenvalue weighted by Gasteiger charge is -2.19. The fourth-order valence-corrected chi connectivity index (χ4v) is 4.23. The molecule has 1 aliphatic rings. The molecule has 2 aromatic rings. The van der Waals surface area contributed by atoms with Crippen molar-refractivity contribution in [2.45, 2.75) is 24.5 Å². The zero-order chi connectivity index (χ0) is 20.0. The first-order valence-electron chi connectivity index (χ1n) is 7.23. The molecule has 1 saturated heterocycles. The first-order chi connectivity index (χ1) is 12.5. The lowest BCUT2D eigenvalue weighted by Crippen LogP contribution is -2.33. The molecule has 1 aliphatic heterocycles. The third-order valence-corrected chi connectivity index (χ3v) is 5.91. The molecule has 0 spiro atoms. The second-order valence-electron chi connectivity index (χ2n) is 5.54. The molecule has 9 N–H and O–H groups in total. The SMILES string of the molecule is N.[B][P@@](=O)(OC[C@H]1O[C@@H](n2cnc3c(N)ncnc32)[C@H](O)[C@@H]1O)OP(=O)(O)O. The van der Waals surface area contributed by atoms with Gasteiger partial charge < -0.3 is 41.1 Å². The topological polar surface area (TPSA) is 247 Å². The van der Waals surface area contributed by atoms with E-state index in [1.807, 2.05) is 0 Å². The Balaban J connectivity index is 0.00000280. The number of nitrogen functional groups attached to an aromatic ring is 1. The van der Waals surface area contributed by atoms with Crippen LogP contribution in [0.4, 0.5) is 5.82 Å². The van der Waals surface area contributed by atoms with Gasteiger partial charge in [-0.05, 0) is 0 Å². The van der Waals surface area contributed by atoms with Crippen LogP contribution in [-0.2, 0) is 22.7 Å². The minimum atomic E-state index is -5.16. The minimum Gasteiger partial charge on any atom is -0.387 e. The molecular weight excluding hydrogens is 421 g/mol. The van der Waals surface area contributed by atoms with Gasteiger partial charge in [-0.25, -0.2) is 23.8 Å². The molecule has 28 heavy (non-hydrogen) atoms. The number of nitrogens with zero attached hydrogens (tertiary/aromatic N) is 4. The summed E-state index contributed by atoms with van der Waals surface area (Å²) in [6.07, 6.45) is -2.94. The van der Waals surface area contributed by atoms with E-state index < -0.39 is 46.4 Å². The molecule has 3 heterocycles. The van der Waals surface area contributed by atoms with Gasteiger partial charge in [0.05, 0.1) is 12.9 Å². The van der Waals surface area contributed by atoms with Gasteiger partial charge in [0.1, 0.15) is 30.2 Å². The normalized spacial score (nSPS) is 27.4. The Morgan fingerprint density at radius 1 is 1.25 bits per heavy atom. The average Bonchev–Trinajstić information content (AvgIpc) is 3.07. The van der Waals surface area contributed by atoms with Crippen LogP contribution in [0.25, 0.3) is 11.2 Å². The number of ether oxygens (including phenoxy) is 1. The van der Waals surface area contributed by atoms with Gasteiger partial charge in [-0.2, -0.15) is 0 Å². The number of hydrogen-bond acceptors (Lipinski definition) is 12. The smallest absolute Gasteiger partial charge is 0.387 e. The number of rotatable bonds is 6. The lowest BCUT2D eigenvalue weighted by atomic mass is 10.1. The van der Waals surface area contributed by atoms with Crippen molar-refractivity contribution in [1.29, 1.82) is 0 Å². The maximum absolute atomic E-state index is 11.7. The third kappa shape index (κ3) is 4.75. The molecule has 0 bridgehead atoms. The van der Waals surface area contributed by atoms with E-state index >= 15 is 0 Å². The van der Waals surface area contributed by atoms with E-state index in [0.29, 0.717) is 0 Å². The van der Waals surface area contributed by atoms with Crippen molar-refractivity contribution in [3.8, 4) is 0 Å². The second kappa shape index (κ2) is 8.12. The zero-order valence-electron chi connectivity index (χ0n) is 14.0. The Bertz CT molecular complexity index is 939. The van der Waals surface area contributed by atoms with Crippen LogP contribution in [-0.4, -0.2) is 72.0 Å². The summed E-state index contributed by atoms with van der Waals surface area (Å²) in [7, 11) is -4.74. The third-order valence-electron chi connectivity index (χ3n) is 3.64. The summed E-state index contributed by atoms with van der Waals surface area (Å²) in [5.74, 6) is 0.102. The second-order valence-corrected chi connectivity index (χ2v) is 8.51. The molecule has 0 amide bonds. The molecule has 3 rings (SSSR count). The summed E-state index contributed by atoms with van der Waals surface area (Å²) in [6, 6.07) is 0. The van der Waals surface area contributed by atoms with Crippen LogP contribution in [0.15, 0.2) is 12.7 Å². The number of aliphatic hydroxyl groups is 2. The summed E-state index contributed by atoms with van der Waals surface area (Å²) in [5.41, 5.74) is 6.17. The molecule has 5 atom stereocenters. The standard InChI is InChI=1S/C10H14BN5O9P2.H3N/c11-26(19,25-27(20,21)22)23-1-4-6(17)7(18)10(24-4)16-3-15-5-8(12)13-2-14-9(5)16;/h2-4,6-7,10,17-18H,1H2,(H2,12,13,14)(H2,20,21,22);1H3/t4-,6-,7-,10-,26-;/m1./s1. The highest BCUT2D eigenvalue weighted by Crippen LogP contribution is 2.57. The van der Waals surface area contributed by atoms with E-state index in [1.165, 1.54) is 17.2 Å². The lowest BCUT2D eigenvalue weighted by molar-refractivity contribution is -0.0479. The fraction of sp³-hybridized carbons (Fsp3) is 0.500. The van der Waals surface area contributed by atoms with Gasteiger partial charge in [0.25, 0.3) is 7.47 Å². The van der Waals surface area contributed by atoms with Crippen LogP contribution < -0.4 is 11.9 Å². The number of aromatic nitrogens is 4. The Morgan fingerprint density at radius 2 is 1.93 bits per heavy atom. The van der Waals surface area contributed by atoms with Crippen LogP contribution in [0.2, 0.25) is 0 Å². The Hall–Kier alpha value is -1.45. The van der Waals surface area contributed by atoms with Crippen LogP contribution in [0.1, 0.15) is 6.23 Å². The van der Waals surface area contributed by atoms with E-state index in [4.69, 9.17) is 27.8 Å². The van der Waals surface area contributed by atoms with Gasteiger partial charge in [0, 0.05) is 0 Å². The number of aliphatic hydroxyl groups excluding tert-OH is 2. The highest BCUT2D eigenvalue weighted by atomic mass is 31.3. The Morgan fingerprint density at radius 3 is 2.57 bits per heavy atom. The monoisotopic (exact) mass is 438 g/mol. The first-order valence-corrected chi connectivity index (χ1v) is 10.4. The van der Waals surface area contributed by atoms with Crippen LogP contribution >= 0.6 is 15.3 Å². The van der Waals surface area contributed by atoms with Gasteiger partial charge in [0.2, 0.25) is 7.57 Å². The van der Waals surface area contributed by atoms with Crippen molar-refractivity contribution in [2.75, 3.05) is 12.3 Å². The average molecular weight is 438 g/mol. The highest BCUT2D eigenvalue weighted by molar-refractivity contribution is 7.83. The quantitative estimate of drug-likeness (QED) is 0.224.